The van der Waals surface area contributed by atoms with Crippen LogP contribution in [0.15, 0.2) is 206 Å². The van der Waals surface area contributed by atoms with Crippen LogP contribution in [0.4, 0.5) is 0 Å². The molecule has 3 aromatic heterocycles. The van der Waals surface area contributed by atoms with E-state index in [2.05, 4.69) is 234 Å². The summed E-state index contributed by atoms with van der Waals surface area (Å²) in [5, 5.41) is 2.32. The molecule has 5 nitrogen and oxygen atoms in total. The van der Waals surface area contributed by atoms with E-state index in [1.807, 2.05) is 6.07 Å². The second-order valence-corrected chi connectivity index (χ2v) is 16.6. The van der Waals surface area contributed by atoms with E-state index < -0.39 is 0 Å². The highest BCUT2D eigenvalue weighted by molar-refractivity contribution is 6.09. The molecule has 11 aromatic rings. The lowest BCUT2D eigenvalue weighted by Crippen LogP contribution is -2.31. The highest BCUT2D eigenvalue weighted by Gasteiger charge is 2.36. The summed E-state index contributed by atoms with van der Waals surface area (Å²) in [5.74, 6) is 2.36. The first kappa shape index (κ1) is 35.9. The first-order valence-corrected chi connectivity index (χ1v) is 21.1. The summed E-state index contributed by atoms with van der Waals surface area (Å²) in [4.78, 5) is 5.12. The molecule has 0 unspecified atom stereocenters. The molecule has 0 fully saturated rings. The maximum atomic E-state index is 6.77. The number of ether oxygens (including phenoxy) is 1. The van der Waals surface area contributed by atoms with Gasteiger partial charge in [-0.2, -0.15) is 0 Å². The van der Waals surface area contributed by atoms with Gasteiger partial charge in [0.2, 0.25) is 0 Å². The van der Waals surface area contributed by atoms with E-state index in [1.54, 1.807) is 0 Å². The fourth-order valence-corrected chi connectivity index (χ4v) is 9.69. The number of para-hydroxylation sites is 4. The Balaban J connectivity index is 0.960. The van der Waals surface area contributed by atoms with E-state index >= 15 is 0 Å². The molecule has 8 aromatic carbocycles. The molecule has 0 N–H and O–H groups in total. The van der Waals surface area contributed by atoms with E-state index in [1.165, 1.54) is 27.6 Å². The van der Waals surface area contributed by atoms with Gasteiger partial charge in [-0.25, -0.2) is 4.98 Å². The Kier molecular flexibility index (Phi) is 8.12. The number of rotatable bonds is 7. The highest BCUT2D eigenvalue weighted by Crippen LogP contribution is 2.49. The molecular weight excluding hydrogens is 757 g/mol. The molecule has 0 atom stereocenters. The predicted molar refractivity (Wildman–Crippen MR) is 251 cm³/mol. The van der Waals surface area contributed by atoms with Crippen molar-refractivity contribution in [2.45, 2.75) is 19.3 Å². The van der Waals surface area contributed by atoms with Gasteiger partial charge in [-0.15, -0.1) is 0 Å². The molecule has 5 heteroatoms. The summed E-state index contributed by atoms with van der Waals surface area (Å²) < 4.78 is 13.4. The zero-order valence-electron chi connectivity index (χ0n) is 34.3. The maximum Gasteiger partial charge on any atom is 0.269 e. The van der Waals surface area contributed by atoms with Crippen molar-refractivity contribution >= 4 is 32.8 Å². The molecule has 1 aliphatic rings. The number of fused-ring (bicyclic) bond motifs is 7. The van der Waals surface area contributed by atoms with Gasteiger partial charge in [-0.3, -0.25) is 13.7 Å². The van der Waals surface area contributed by atoms with Crippen molar-refractivity contribution in [2.24, 2.45) is 0 Å². The zero-order chi connectivity index (χ0) is 41.4. The van der Waals surface area contributed by atoms with E-state index in [0.717, 1.165) is 78.4 Å². The van der Waals surface area contributed by atoms with E-state index in [-0.39, 0.29) is 5.41 Å². The van der Waals surface area contributed by atoms with Crippen molar-refractivity contribution in [1.82, 2.24) is 14.1 Å². The summed E-state index contributed by atoms with van der Waals surface area (Å²) in [7, 11) is 0. The summed E-state index contributed by atoms with van der Waals surface area (Å²) in [6, 6.07) is 70.5. The number of hydrogen-bond acceptors (Lipinski definition) is 2. The lowest BCUT2D eigenvalue weighted by atomic mass is 9.83. The average molecular weight is 797 g/mol. The Labute approximate surface area is 360 Å². The Morgan fingerprint density at radius 2 is 1.13 bits per heavy atom. The van der Waals surface area contributed by atoms with Crippen LogP contribution in [0.25, 0.3) is 83.4 Å². The third-order valence-electron chi connectivity index (χ3n) is 12.6. The summed E-state index contributed by atoms with van der Waals surface area (Å²) >= 11 is 0. The van der Waals surface area contributed by atoms with Crippen LogP contribution in [0, 0.1) is 6.33 Å². The zero-order valence-corrected chi connectivity index (χ0v) is 34.3. The summed E-state index contributed by atoms with van der Waals surface area (Å²) in [6.07, 6.45) is 5.85. The van der Waals surface area contributed by atoms with Crippen molar-refractivity contribution in [1.29, 1.82) is 0 Å². The molecule has 0 radical (unpaired) electrons. The summed E-state index contributed by atoms with van der Waals surface area (Å²) in [5.41, 5.74) is 15.7. The number of hydrogen-bond donors (Lipinski definition) is 0. The Bertz CT molecular complexity index is 3470. The van der Waals surface area contributed by atoms with Gasteiger partial charge in [0.15, 0.2) is 0 Å². The topological polar surface area (TPSA) is 35.9 Å². The fourth-order valence-electron chi connectivity index (χ4n) is 9.69. The van der Waals surface area contributed by atoms with Crippen molar-refractivity contribution in [3.63, 3.8) is 0 Å². The second-order valence-electron chi connectivity index (χ2n) is 16.6. The van der Waals surface area contributed by atoms with E-state index in [4.69, 9.17) is 9.72 Å². The number of aromatic nitrogens is 4. The molecule has 0 spiro atoms. The smallest absolute Gasteiger partial charge is 0.269 e. The SMILES string of the molecule is CC1(C)c2ccccc2-c2cnc(-n3c4ccccc4c4ccc(Oc5cccc(-n6[c-][n+](-c7c(-c8ccccc8)cccc7-c7ccccc7)c7ccccc76)c5)cc43)cc21. The number of imidazole rings is 1. The first-order chi connectivity index (χ1) is 30.5. The third kappa shape index (κ3) is 5.62. The van der Waals surface area contributed by atoms with Gasteiger partial charge in [0.1, 0.15) is 17.3 Å². The van der Waals surface area contributed by atoms with Crippen LogP contribution in [-0.4, -0.2) is 14.1 Å². The summed E-state index contributed by atoms with van der Waals surface area (Å²) in [6.45, 7) is 4.62. The van der Waals surface area contributed by atoms with Crippen LogP contribution in [-0.2, 0) is 5.41 Å². The Morgan fingerprint density at radius 3 is 1.92 bits per heavy atom. The number of benzene rings is 8. The lowest BCUT2D eigenvalue weighted by Gasteiger charge is -2.22. The van der Waals surface area contributed by atoms with Gasteiger partial charge in [-0.1, -0.05) is 166 Å². The average Bonchev–Trinajstić information content (AvgIpc) is 3.95. The number of nitrogens with zero attached hydrogens (tertiary/aromatic N) is 4. The van der Waals surface area contributed by atoms with Gasteiger partial charge < -0.3 is 4.74 Å². The van der Waals surface area contributed by atoms with Gasteiger partial charge in [0, 0.05) is 34.0 Å². The Morgan fingerprint density at radius 1 is 0.500 bits per heavy atom. The molecule has 1 aliphatic carbocycles. The molecule has 0 amide bonds. The lowest BCUT2D eigenvalue weighted by molar-refractivity contribution is -0.571. The van der Waals surface area contributed by atoms with Crippen molar-refractivity contribution in [3.05, 3.63) is 224 Å². The van der Waals surface area contributed by atoms with E-state index in [9.17, 15) is 0 Å². The van der Waals surface area contributed by atoms with Crippen LogP contribution in [0.2, 0.25) is 0 Å². The van der Waals surface area contributed by atoms with Crippen LogP contribution < -0.4 is 9.30 Å². The Hall–Kier alpha value is -8.02. The van der Waals surface area contributed by atoms with Gasteiger partial charge in [-0.05, 0) is 81.4 Å². The molecular formula is C57H40N4O. The first-order valence-electron chi connectivity index (χ1n) is 21.1. The van der Waals surface area contributed by atoms with Gasteiger partial charge in [0.25, 0.3) is 6.33 Å². The van der Waals surface area contributed by atoms with Gasteiger partial charge in [0.05, 0.1) is 33.4 Å². The minimum absolute atomic E-state index is 0.140. The fraction of sp³-hybridized carbons (Fsp3) is 0.0526. The molecule has 294 valence electrons. The van der Waals surface area contributed by atoms with Gasteiger partial charge >= 0.3 is 0 Å². The van der Waals surface area contributed by atoms with E-state index in [0.29, 0.717) is 0 Å². The monoisotopic (exact) mass is 796 g/mol. The standard InChI is InChI=1S/C57H40N4O/c1-57(2)49-27-11-9-23-45(49)48-36-58-55(35-50(48)57)61-51-28-12-10-24-46(51)47-32-31-42(34-54(47)61)62-41-22-15-21-40(33-41)59-37-60(53-30-14-13-29-52(53)59)56-43(38-17-5-3-6-18-38)25-16-26-44(56)39-19-7-4-8-20-39/h3-36H,1-2H3. The van der Waals surface area contributed by atoms with Crippen LogP contribution >= 0.6 is 0 Å². The minimum Gasteiger partial charge on any atom is -0.458 e. The predicted octanol–water partition coefficient (Wildman–Crippen LogP) is 13.6. The molecule has 12 rings (SSSR count). The minimum atomic E-state index is -0.140. The van der Waals surface area contributed by atoms with Crippen LogP contribution in [0.3, 0.4) is 0 Å². The van der Waals surface area contributed by atoms with Crippen molar-refractivity contribution < 1.29 is 9.30 Å². The quantitative estimate of drug-likeness (QED) is 0.119. The molecule has 0 aliphatic heterocycles. The molecule has 3 heterocycles. The normalized spacial score (nSPS) is 12.8. The van der Waals surface area contributed by atoms with Crippen LogP contribution in [0.5, 0.6) is 11.5 Å². The maximum absolute atomic E-state index is 6.77. The molecule has 0 saturated heterocycles. The molecule has 0 saturated carbocycles. The largest absolute Gasteiger partial charge is 0.458 e. The van der Waals surface area contributed by atoms with Crippen molar-refractivity contribution in [2.75, 3.05) is 0 Å². The second kappa shape index (κ2) is 14.0. The van der Waals surface area contributed by atoms with Crippen molar-refractivity contribution in [3.8, 4) is 62.1 Å². The molecule has 0 bridgehead atoms. The van der Waals surface area contributed by atoms with Crippen LogP contribution in [0.1, 0.15) is 25.0 Å². The third-order valence-corrected chi connectivity index (χ3v) is 12.6. The molecule has 62 heavy (non-hydrogen) atoms. The number of pyridine rings is 1. The highest BCUT2D eigenvalue weighted by atomic mass is 16.5.